The third-order valence-electron chi connectivity index (χ3n) is 3.78. The fourth-order valence-corrected chi connectivity index (χ4v) is 2.47. The molecule has 3 heteroatoms. The molecule has 1 unspecified atom stereocenters. The van der Waals surface area contributed by atoms with Gasteiger partial charge in [-0.1, -0.05) is 42.5 Å². The van der Waals surface area contributed by atoms with E-state index in [2.05, 4.69) is 36.1 Å². The zero-order valence-electron chi connectivity index (χ0n) is 12.5. The van der Waals surface area contributed by atoms with Gasteiger partial charge in [0, 0.05) is 19.1 Å². The standard InChI is InChI=1S/C18H23FN2/c1-15(17-8-10-18(19)11-9-17)21(13-5-12-20)14-16-6-3-2-4-7-16/h2-4,6-11,15H,5,12-14,20H2,1H3. The molecule has 0 saturated heterocycles. The van der Waals surface area contributed by atoms with Crippen molar-refractivity contribution in [2.45, 2.75) is 25.9 Å². The molecule has 2 nitrogen and oxygen atoms in total. The Bertz CT molecular complexity index is 525. The van der Waals surface area contributed by atoms with Gasteiger partial charge in [-0.25, -0.2) is 4.39 Å². The highest BCUT2D eigenvalue weighted by atomic mass is 19.1. The van der Waals surface area contributed by atoms with Crippen LogP contribution < -0.4 is 5.73 Å². The van der Waals surface area contributed by atoms with Crippen LogP contribution in [0.1, 0.15) is 30.5 Å². The summed E-state index contributed by atoms with van der Waals surface area (Å²) in [6.45, 7) is 4.65. The van der Waals surface area contributed by atoms with E-state index in [-0.39, 0.29) is 11.9 Å². The van der Waals surface area contributed by atoms with Crippen molar-refractivity contribution in [1.29, 1.82) is 0 Å². The molecular weight excluding hydrogens is 263 g/mol. The lowest BCUT2D eigenvalue weighted by atomic mass is 10.1. The van der Waals surface area contributed by atoms with Crippen LogP contribution in [0.15, 0.2) is 54.6 Å². The topological polar surface area (TPSA) is 29.3 Å². The Morgan fingerprint density at radius 1 is 1.05 bits per heavy atom. The summed E-state index contributed by atoms with van der Waals surface area (Å²) in [5, 5.41) is 0. The molecule has 2 rings (SSSR count). The van der Waals surface area contributed by atoms with Crippen LogP contribution in [-0.4, -0.2) is 18.0 Å². The van der Waals surface area contributed by atoms with Crippen molar-refractivity contribution in [2.24, 2.45) is 5.73 Å². The first-order valence-corrected chi connectivity index (χ1v) is 7.44. The summed E-state index contributed by atoms with van der Waals surface area (Å²) < 4.78 is 13.1. The van der Waals surface area contributed by atoms with Crippen molar-refractivity contribution in [3.8, 4) is 0 Å². The summed E-state index contributed by atoms with van der Waals surface area (Å²) in [4.78, 5) is 2.38. The second-order valence-corrected chi connectivity index (χ2v) is 5.33. The quantitative estimate of drug-likeness (QED) is 0.840. The van der Waals surface area contributed by atoms with Crippen LogP contribution >= 0.6 is 0 Å². The normalized spacial score (nSPS) is 12.6. The second-order valence-electron chi connectivity index (χ2n) is 5.33. The summed E-state index contributed by atoms with van der Waals surface area (Å²) in [7, 11) is 0. The van der Waals surface area contributed by atoms with E-state index in [1.54, 1.807) is 0 Å². The van der Waals surface area contributed by atoms with Crippen molar-refractivity contribution >= 4 is 0 Å². The summed E-state index contributed by atoms with van der Waals surface area (Å²) in [6, 6.07) is 17.4. The van der Waals surface area contributed by atoms with Gasteiger partial charge in [-0.2, -0.15) is 0 Å². The lowest BCUT2D eigenvalue weighted by molar-refractivity contribution is 0.200. The van der Waals surface area contributed by atoms with E-state index in [0.717, 1.165) is 25.1 Å². The highest BCUT2D eigenvalue weighted by Gasteiger charge is 2.15. The van der Waals surface area contributed by atoms with Crippen LogP contribution in [0, 0.1) is 5.82 Å². The molecular formula is C18H23FN2. The van der Waals surface area contributed by atoms with E-state index in [1.807, 2.05) is 18.2 Å². The second kappa shape index (κ2) is 7.91. The Hall–Kier alpha value is -1.71. The Kier molecular flexibility index (Phi) is 5.90. The fourth-order valence-electron chi connectivity index (χ4n) is 2.47. The molecule has 0 radical (unpaired) electrons. The van der Waals surface area contributed by atoms with Crippen molar-refractivity contribution in [2.75, 3.05) is 13.1 Å². The summed E-state index contributed by atoms with van der Waals surface area (Å²) in [5.41, 5.74) is 8.06. The summed E-state index contributed by atoms with van der Waals surface area (Å²) in [5.74, 6) is -0.192. The first-order chi connectivity index (χ1) is 10.2. The Morgan fingerprint density at radius 3 is 2.33 bits per heavy atom. The average molecular weight is 286 g/mol. The minimum Gasteiger partial charge on any atom is -0.330 e. The van der Waals surface area contributed by atoms with E-state index < -0.39 is 0 Å². The fraction of sp³-hybridized carbons (Fsp3) is 0.333. The number of rotatable bonds is 7. The van der Waals surface area contributed by atoms with E-state index in [0.29, 0.717) is 6.54 Å². The van der Waals surface area contributed by atoms with Gasteiger partial charge in [0.2, 0.25) is 0 Å². The monoisotopic (exact) mass is 286 g/mol. The predicted molar refractivity (Wildman–Crippen MR) is 85.3 cm³/mol. The number of hydrogen-bond donors (Lipinski definition) is 1. The van der Waals surface area contributed by atoms with E-state index in [1.165, 1.54) is 17.7 Å². The molecule has 0 amide bonds. The molecule has 0 heterocycles. The van der Waals surface area contributed by atoms with Crippen molar-refractivity contribution in [3.05, 3.63) is 71.5 Å². The molecule has 2 N–H and O–H groups in total. The number of hydrogen-bond acceptors (Lipinski definition) is 2. The maximum atomic E-state index is 13.1. The average Bonchev–Trinajstić information content (AvgIpc) is 2.52. The summed E-state index contributed by atoms with van der Waals surface area (Å²) in [6.07, 6.45) is 0.957. The molecule has 0 bridgehead atoms. The van der Waals surface area contributed by atoms with Gasteiger partial charge in [0.1, 0.15) is 5.82 Å². The Morgan fingerprint density at radius 2 is 1.71 bits per heavy atom. The molecule has 0 saturated carbocycles. The third-order valence-corrected chi connectivity index (χ3v) is 3.78. The van der Waals surface area contributed by atoms with Gasteiger partial charge in [0.05, 0.1) is 0 Å². The molecule has 1 atom stereocenters. The maximum Gasteiger partial charge on any atom is 0.123 e. The van der Waals surface area contributed by atoms with Crippen LogP contribution in [-0.2, 0) is 6.54 Å². The minimum atomic E-state index is -0.192. The summed E-state index contributed by atoms with van der Waals surface area (Å²) >= 11 is 0. The van der Waals surface area contributed by atoms with Gasteiger partial charge in [0.25, 0.3) is 0 Å². The number of halogens is 1. The van der Waals surface area contributed by atoms with E-state index in [9.17, 15) is 4.39 Å². The van der Waals surface area contributed by atoms with Gasteiger partial charge in [-0.3, -0.25) is 4.90 Å². The Balaban J connectivity index is 2.12. The van der Waals surface area contributed by atoms with Crippen LogP contribution in [0.25, 0.3) is 0 Å². The molecule has 2 aromatic rings. The minimum absolute atomic E-state index is 0.192. The molecule has 0 aliphatic carbocycles. The molecule has 0 spiro atoms. The van der Waals surface area contributed by atoms with E-state index >= 15 is 0 Å². The lowest BCUT2D eigenvalue weighted by Gasteiger charge is -2.29. The van der Waals surface area contributed by atoms with Gasteiger partial charge in [0.15, 0.2) is 0 Å². The first-order valence-electron chi connectivity index (χ1n) is 7.44. The molecule has 0 fully saturated rings. The predicted octanol–water partition coefficient (Wildman–Crippen LogP) is 3.74. The zero-order valence-corrected chi connectivity index (χ0v) is 12.5. The van der Waals surface area contributed by atoms with Gasteiger partial charge in [-0.05, 0) is 43.1 Å². The molecule has 0 aliphatic heterocycles. The van der Waals surface area contributed by atoms with Gasteiger partial charge < -0.3 is 5.73 Å². The molecule has 0 aromatic heterocycles. The van der Waals surface area contributed by atoms with Crippen molar-refractivity contribution in [1.82, 2.24) is 4.90 Å². The zero-order chi connectivity index (χ0) is 15.1. The molecule has 112 valence electrons. The van der Waals surface area contributed by atoms with Crippen LogP contribution in [0.2, 0.25) is 0 Å². The third kappa shape index (κ3) is 4.66. The van der Waals surface area contributed by atoms with Gasteiger partial charge in [-0.15, -0.1) is 0 Å². The van der Waals surface area contributed by atoms with Crippen LogP contribution in [0.5, 0.6) is 0 Å². The van der Waals surface area contributed by atoms with Crippen molar-refractivity contribution < 1.29 is 4.39 Å². The number of nitrogens with two attached hydrogens (primary N) is 1. The maximum absolute atomic E-state index is 13.1. The lowest BCUT2D eigenvalue weighted by Crippen LogP contribution is -2.29. The smallest absolute Gasteiger partial charge is 0.123 e. The molecule has 21 heavy (non-hydrogen) atoms. The SMILES string of the molecule is CC(c1ccc(F)cc1)N(CCCN)Cc1ccccc1. The van der Waals surface area contributed by atoms with Gasteiger partial charge >= 0.3 is 0 Å². The highest BCUT2D eigenvalue weighted by Crippen LogP contribution is 2.22. The first kappa shape index (κ1) is 15.7. The van der Waals surface area contributed by atoms with Crippen LogP contribution in [0.4, 0.5) is 4.39 Å². The highest BCUT2D eigenvalue weighted by molar-refractivity contribution is 5.20. The van der Waals surface area contributed by atoms with Crippen molar-refractivity contribution in [3.63, 3.8) is 0 Å². The molecule has 2 aromatic carbocycles. The number of benzene rings is 2. The van der Waals surface area contributed by atoms with Crippen LogP contribution in [0.3, 0.4) is 0 Å². The Labute approximate surface area is 126 Å². The largest absolute Gasteiger partial charge is 0.330 e. The molecule has 0 aliphatic rings. The number of nitrogens with zero attached hydrogens (tertiary/aromatic N) is 1. The van der Waals surface area contributed by atoms with E-state index in [4.69, 9.17) is 5.73 Å².